The van der Waals surface area contributed by atoms with Crippen molar-refractivity contribution in [1.82, 2.24) is 9.88 Å². The summed E-state index contributed by atoms with van der Waals surface area (Å²) in [6, 6.07) is 3.06. The lowest BCUT2D eigenvalue weighted by atomic mass is 10.1. The maximum Gasteiger partial charge on any atom is 0.341 e. The fourth-order valence-corrected chi connectivity index (χ4v) is 2.30. The van der Waals surface area contributed by atoms with Gasteiger partial charge in [0.1, 0.15) is 16.4 Å². The Kier molecular flexibility index (Phi) is 4.43. The van der Waals surface area contributed by atoms with E-state index in [1.165, 1.54) is 12.1 Å². The molecular weight excluding hydrogens is 275 g/mol. The molecule has 0 atom stereocenters. The molecule has 1 aliphatic rings. The Bertz CT molecular complexity index is 446. The number of carbonyl (C=O) groups is 1. The smallest absolute Gasteiger partial charge is 0.341 e. The molecule has 0 N–H and O–H groups in total. The van der Waals surface area contributed by atoms with Crippen molar-refractivity contribution in [3.63, 3.8) is 0 Å². The zero-order chi connectivity index (χ0) is 13.1. The van der Waals surface area contributed by atoms with Gasteiger partial charge in [0.2, 0.25) is 0 Å². The van der Waals surface area contributed by atoms with E-state index < -0.39 is 5.97 Å². The lowest BCUT2D eigenvalue weighted by Gasteiger charge is -2.28. The second-order valence-corrected chi connectivity index (χ2v) is 5.13. The highest BCUT2D eigenvalue weighted by atomic mass is 35.5. The molecule has 0 aromatic carbocycles. The summed E-state index contributed by atoms with van der Waals surface area (Å²) in [5.74, 6) is -0.432. The van der Waals surface area contributed by atoms with Gasteiger partial charge < -0.3 is 9.64 Å². The summed E-state index contributed by atoms with van der Waals surface area (Å²) in [5.41, 5.74) is 0.264. The number of piperidine rings is 1. The number of likely N-dealkylation sites (tertiary alicyclic amines) is 1. The molecule has 2 rings (SSSR count). The minimum Gasteiger partial charge on any atom is -0.459 e. The summed E-state index contributed by atoms with van der Waals surface area (Å²) in [4.78, 5) is 18.0. The molecule has 6 heteroatoms. The topological polar surface area (TPSA) is 42.4 Å². The quantitative estimate of drug-likeness (QED) is 0.620. The third-order valence-corrected chi connectivity index (χ3v) is 3.47. The predicted octanol–water partition coefficient (Wildman–Crippen LogP) is 2.64. The highest BCUT2D eigenvalue weighted by Gasteiger charge is 2.22. The van der Waals surface area contributed by atoms with E-state index >= 15 is 0 Å². The van der Waals surface area contributed by atoms with Gasteiger partial charge in [0.15, 0.2) is 0 Å². The molecule has 4 nitrogen and oxygen atoms in total. The zero-order valence-corrected chi connectivity index (χ0v) is 11.5. The van der Waals surface area contributed by atoms with Gasteiger partial charge in [0, 0.05) is 13.1 Å². The van der Waals surface area contributed by atoms with Crippen molar-refractivity contribution in [2.75, 3.05) is 20.1 Å². The number of carbonyl (C=O) groups excluding carboxylic acids is 1. The van der Waals surface area contributed by atoms with Crippen LogP contribution in [0, 0.1) is 0 Å². The predicted molar refractivity (Wildman–Crippen MR) is 70.2 cm³/mol. The SMILES string of the molecule is CN1CCC(OC(=O)c2ccc(Cl)nc2Cl)CC1. The highest BCUT2D eigenvalue weighted by Crippen LogP contribution is 2.20. The van der Waals surface area contributed by atoms with Crippen LogP contribution in [0.25, 0.3) is 0 Å². The lowest BCUT2D eigenvalue weighted by Crippen LogP contribution is -2.35. The summed E-state index contributed by atoms with van der Waals surface area (Å²) in [5, 5.41) is 0.344. The van der Waals surface area contributed by atoms with Crippen LogP contribution in [0.1, 0.15) is 23.2 Å². The Labute approximate surface area is 116 Å². The Morgan fingerprint density at radius 1 is 1.39 bits per heavy atom. The highest BCUT2D eigenvalue weighted by molar-refractivity contribution is 6.34. The molecule has 1 saturated heterocycles. The number of hydrogen-bond donors (Lipinski definition) is 0. The van der Waals surface area contributed by atoms with Gasteiger partial charge in [0.05, 0.1) is 5.56 Å². The zero-order valence-electron chi connectivity index (χ0n) is 10.0. The number of halogens is 2. The second-order valence-electron chi connectivity index (χ2n) is 4.38. The number of hydrogen-bond acceptors (Lipinski definition) is 4. The number of nitrogens with zero attached hydrogens (tertiary/aromatic N) is 2. The molecule has 0 radical (unpaired) electrons. The fourth-order valence-electron chi connectivity index (χ4n) is 1.88. The van der Waals surface area contributed by atoms with Crippen LogP contribution in [-0.4, -0.2) is 42.1 Å². The van der Waals surface area contributed by atoms with Crippen LogP contribution < -0.4 is 0 Å². The summed E-state index contributed by atoms with van der Waals surface area (Å²) < 4.78 is 5.41. The van der Waals surface area contributed by atoms with E-state index in [0.717, 1.165) is 25.9 Å². The average molecular weight is 289 g/mol. The van der Waals surface area contributed by atoms with Crippen LogP contribution in [0.3, 0.4) is 0 Å². The molecule has 0 spiro atoms. The van der Waals surface area contributed by atoms with Crippen molar-refractivity contribution < 1.29 is 9.53 Å². The van der Waals surface area contributed by atoms with Crippen LogP contribution in [0.5, 0.6) is 0 Å². The summed E-state index contributed by atoms with van der Waals surface area (Å²) in [7, 11) is 2.05. The van der Waals surface area contributed by atoms with Crippen LogP contribution in [-0.2, 0) is 4.74 Å². The average Bonchev–Trinajstić information content (AvgIpc) is 2.32. The number of esters is 1. The third kappa shape index (κ3) is 3.34. The second kappa shape index (κ2) is 5.87. The lowest BCUT2D eigenvalue weighted by molar-refractivity contribution is 0.0139. The monoisotopic (exact) mass is 288 g/mol. The minimum absolute atomic E-state index is 0.0413. The molecule has 1 fully saturated rings. The largest absolute Gasteiger partial charge is 0.459 e. The maximum absolute atomic E-state index is 11.9. The molecule has 0 bridgehead atoms. The summed E-state index contributed by atoms with van der Waals surface area (Å²) in [6.07, 6.45) is 1.65. The first-order valence-electron chi connectivity index (χ1n) is 5.78. The minimum atomic E-state index is -0.432. The first-order chi connectivity index (χ1) is 8.56. The van der Waals surface area contributed by atoms with Gasteiger partial charge in [-0.05, 0) is 32.0 Å². The van der Waals surface area contributed by atoms with Crippen molar-refractivity contribution in [2.24, 2.45) is 0 Å². The first kappa shape index (κ1) is 13.6. The van der Waals surface area contributed by atoms with Crippen molar-refractivity contribution in [3.05, 3.63) is 28.0 Å². The molecular formula is C12H14Cl2N2O2. The number of pyridine rings is 1. The van der Waals surface area contributed by atoms with Gasteiger partial charge in [-0.3, -0.25) is 0 Å². The molecule has 2 heterocycles. The van der Waals surface area contributed by atoms with E-state index in [1.807, 2.05) is 0 Å². The number of ether oxygens (including phenoxy) is 1. The molecule has 0 amide bonds. The van der Waals surface area contributed by atoms with Gasteiger partial charge in [-0.1, -0.05) is 23.2 Å². The van der Waals surface area contributed by atoms with E-state index in [1.54, 1.807) is 0 Å². The Morgan fingerprint density at radius 3 is 2.67 bits per heavy atom. The first-order valence-corrected chi connectivity index (χ1v) is 6.53. The van der Waals surface area contributed by atoms with E-state index in [-0.39, 0.29) is 22.0 Å². The van der Waals surface area contributed by atoms with E-state index in [2.05, 4.69) is 16.9 Å². The third-order valence-electron chi connectivity index (χ3n) is 2.97. The fraction of sp³-hybridized carbons (Fsp3) is 0.500. The van der Waals surface area contributed by atoms with Crippen molar-refractivity contribution in [2.45, 2.75) is 18.9 Å². The maximum atomic E-state index is 11.9. The van der Waals surface area contributed by atoms with Crippen LogP contribution in [0.2, 0.25) is 10.3 Å². The van der Waals surface area contributed by atoms with Gasteiger partial charge >= 0.3 is 5.97 Å². The normalized spacial score (nSPS) is 17.7. The molecule has 1 aromatic rings. The summed E-state index contributed by atoms with van der Waals surface area (Å²) >= 11 is 11.5. The van der Waals surface area contributed by atoms with Crippen molar-refractivity contribution >= 4 is 29.2 Å². The molecule has 0 unspecified atom stereocenters. The van der Waals surface area contributed by atoms with Crippen LogP contribution in [0.4, 0.5) is 0 Å². The molecule has 18 heavy (non-hydrogen) atoms. The van der Waals surface area contributed by atoms with Gasteiger partial charge in [-0.25, -0.2) is 9.78 Å². The Balaban J connectivity index is 1.99. The van der Waals surface area contributed by atoms with E-state index in [9.17, 15) is 4.79 Å². The van der Waals surface area contributed by atoms with E-state index in [4.69, 9.17) is 27.9 Å². The molecule has 98 valence electrons. The van der Waals surface area contributed by atoms with Gasteiger partial charge in [-0.15, -0.1) is 0 Å². The van der Waals surface area contributed by atoms with Gasteiger partial charge in [-0.2, -0.15) is 0 Å². The van der Waals surface area contributed by atoms with Gasteiger partial charge in [0.25, 0.3) is 0 Å². The molecule has 1 aromatic heterocycles. The Morgan fingerprint density at radius 2 is 2.06 bits per heavy atom. The standard InChI is InChI=1S/C12H14Cl2N2O2/c1-16-6-4-8(5-7-16)18-12(17)9-2-3-10(13)15-11(9)14/h2-3,8H,4-7H2,1H3. The molecule has 0 aliphatic carbocycles. The van der Waals surface area contributed by atoms with Crippen molar-refractivity contribution in [3.8, 4) is 0 Å². The molecule has 0 saturated carbocycles. The molecule has 1 aliphatic heterocycles. The number of rotatable bonds is 2. The summed E-state index contributed by atoms with van der Waals surface area (Å²) in [6.45, 7) is 1.87. The number of aromatic nitrogens is 1. The van der Waals surface area contributed by atoms with Crippen molar-refractivity contribution in [1.29, 1.82) is 0 Å². The Hall–Kier alpha value is -0.840. The van der Waals surface area contributed by atoms with Crippen LogP contribution >= 0.6 is 23.2 Å². The van der Waals surface area contributed by atoms with E-state index in [0.29, 0.717) is 0 Å². The van der Waals surface area contributed by atoms with Crippen LogP contribution in [0.15, 0.2) is 12.1 Å².